The molecule has 3 aromatic rings. The lowest BCUT2D eigenvalue weighted by Gasteiger charge is -2.12. The van der Waals surface area contributed by atoms with Crippen LogP contribution in [0.2, 0.25) is 0 Å². The summed E-state index contributed by atoms with van der Waals surface area (Å²) in [7, 11) is 0. The van der Waals surface area contributed by atoms with Crippen LogP contribution in [0.25, 0.3) is 11.4 Å². The van der Waals surface area contributed by atoms with Crippen molar-refractivity contribution in [3.63, 3.8) is 0 Å². The number of imidazole rings is 1. The van der Waals surface area contributed by atoms with Gasteiger partial charge in [0.05, 0.1) is 12.2 Å². The summed E-state index contributed by atoms with van der Waals surface area (Å²) in [5, 5.41) is 5.99. The highest BCUT2D eigenvalue weighted by Gasteiger charge is 2.18. The van der Waals surface area contributed by atoms with Crippen molar-refractivity contribution in [2.24, 2.45) is 0 Å². The van der Waals surface area contributed by atoms with Gasteiger partial charge in [-0.15, -0.1) is 11.3 Å². The van der Waals surface area contributed by atoms with Crippen molar-refractivity contribution in [3.8, 4) is 11.4 Å². The Morgan fingerprint density at radius 3 is 2.77 bits per heavy atom. The lowest BCUT2D eigenvalue weighted by atomic mass is 10.2. The molecular weight excluding hydrogens is 346 g/mol. The number of nitrogens with zero attached hydrogens (tertiary/aromatic N) is 3. The molecule has 1 aromatic carbocycles. The highest BCUT2D eigenvalue weighted by Crippen LogP contribution is 2.24. The summed E-state index contributed by atoms with van der Waals surface area (Å²) < 4.78 is 0. The summed E-state index contributed by atoms with van der Waals surface area (Å²) >= 11 is 1.64. The number of benzene rings is 1. The minimum Gasteiger partial charge on any atom is -0.348 e. The van der Waals surface area contributed by atoms with Crippen LogP contribution in [0.3, 0.4) is 0 Å². The average Bonchev–Trinajstić information content (AvgIpc) is 3.40. The van der Waals surface area contributed by atoms with Gasteiger partial charge in [0.25, 0.3) is 5.91 Å². The first-order valence-electron chi connectivity index (χ1n) is 8.80. The van der Waals surface area contributed by atoms with E-state index in [0.717, 1.165) is 35.2 Å². The second-order valence-corrected chi connectivity index (χ2v) is 7.26. The number of carbonyl (C=O) groups excluding carboxylic acids is 1. The summed E-state index contributed by atoms with van der Waals surface area (Å²) in [5.41, 5.74) is 3.04. The molecule has 4 rings (SSSR count). The van der Waals surface area contributed by atoms with E-state index in [9.17, 15) is 4.79 Å². The molecule has 0 atom stereocenters. The monoisotopic (exact) mass is 367 g/mol. The van der Waals surface area contributed by atoms with Gasteiger partial charge in [-0.1, -0.05) is 30.3 Å². The minimum atomic E-state index is -0.184. The molecule has 26 heavy (non-hydrogen) atoms. The lowest BCUT2D eigenvalue weighted by molar-refractivity contribution is 0.0945. The molecule has 1 fully saturated rings. The number of aryl methyl sites for hydroxylation is 1. The molecule has 0 bridgehead atoms. The Hall–Kier alpha value is -2.67. The van der Waals surface area contributed by atoms with E-state index in [0.29, 0.717) is 18.1 Å². The largest absolute Gasteiger partial charge is 0.348 e. The number of amides is 1. The first-order valence-corrected chi connectivity index (χ1v) is 9.68. The maximum atomic E-state index is 12.5. The van der Waals surface area contributed by atoms with Gasteiger partial charge in [-0.3, -0.25) is 4.79 Å². The summed E-state index contributed by atoms with van der Waals surface area (Å²) in [4.78, 5) is 27.1. The van der Waals surface area contributed by atoms with Crippen LogP contribution in [0, 0.1) is 6.92 Å². The van der Waals surface area contributed by atoms with E-state index in [1.807, 2.05) is 42.6 Å². The zero-order valence-corrected chi connectivity index (χ0v) is 15.5. The van der Waals surface area contributed by atoms with Crippen LogP contribution in [0.15, 0.2) is 35.7 Å². The molecule has 0 aliphatic carbocycles. The number of H-pyrrole nitrogens is 1. The van der Waals surface area contributed by atoms with Gasteiger partial charge in [-0.05, 0) is 19.8 Å². The quantitative estimate of drug-likeness (QED) is 0.725. The van der Waals surface area contributed by atoms with Crippen molar-refractivity contribution in [2.75, 3.05) is 18.0 Å². The normalized spacial score (nSPS) is 14.0. The summed E-state index contributed by atoms with van der Waals surface area (Å²) in [6.45, 7) is 4.43. The van der Waals surface area contributed by atoms with Crippen molar-refractivity contribution >= 4 is 22.4 Å². The Morgan fingerprint density at radius 2 is 2.00 bits per heavy atom. The van der Waals surface area contributed by atoms with Crippen molar-refractivity contribution in [1.82, 2.24) is 20.3 Å². The number of carbonyl (C=O) groups is 1. The molecular formula is C19H21N5OS. The van der Waals surface area contributed by atoms with Crippen LogP contribution in [-0.2, 0) is 6.54 Å². The van der Waals surface area contributed by atoms with E-state index >= 15 is 0 Å². The van der Waals surface area contributed by atoms with Gasteiger partial charge >= 0.3 is 0 Å². The Bertz CT molecular complexity index is 896. The van der Waals surface area contributed by atoms with Gasteiger partial charge in [0.15, 0.2) is 5.13 Å². The van der Waals surface area contributed by atoms with Gasteiger partial charge in [-0.25, -0.2) is 9.97 Å². The summed E-state index contributed by atoms with van der Waals surface area (Å²) in [5.74, 6) is 0.523. The maximum Gasteiger partial charge on any atom is 0.272 e. The Balaban J connectivity index is 1.41. The van der Waals surface area contributed by atoms with Crippen molar-refractivity contribution in [3.05, 3.63) is 52.8 Å². The minimum absolute atomic E-state index is 0.184. The van der Waals surface area contributed by atoms with E-state index in [2.05, 4.69) is 25.2 Å². The van der Waals surface area contributed by atoms with Crippen LogP contribution in [0.1, 0.15) is 34.7 Å². The number of hydrogen-bond donors (Lipinski definition) is 2. The highest BCUT2D eigenvalue weighted by molar-refractivity contribution is 7.13. The lowest BCUT2D eigenvalue weighted by Crippen LogP contribution is -2.24. The number of aromatic nitrogens is 3. The van der Waals surface area contributed by atoms with E-state index in [4.69, 9.17) is 0 Å². The van der Waals surface area contributed by atoms with Crippen molar-refractivity contribution in [1.29, 1.82) is 0 Å². The van der Waals surface area contributed by atoms with Crippen LogP contribution >= 0.6 is 11.3 Å². The SMILES string of the molecule is Cc1[nH]c(-c2ccccc2)nc1C(=O)NCc1csc(N2CCCC2)n1. The third-order valence-corrected chi connectivity index (χ3v) is 5.44. The first-order chi connectivity index (χ1) is 12.7. The van der Waals surface area contributed by atoms with E-state index in [1.165, 1.54) is 12.8 Å². The summed E-state index contributed by atoms with van der Waals surface area (Å²) in [6, 6.07) is 9.79. The fraction of sp³-hybridized carbons (Fsp3) is 0.316. The molecule has 1 aliphatic heterocycles. The molecule has 1 saturated heterocycles. The zero-order chi connectivity index (χ0) is 17.9. The number of thiazole rings is 1. The zero-order valence-electron chi connectivity index (χ0n) is 14.7. The van der Waals surface area contributed by atoms with E-state index < -0.39 is 0 Å². The summed E-state index contributed by atoms with van der Waals surface area (Å²) in [6.07, 6.45) is 2.46. The first kappa shape index (κ1) is 16.8. The molecule has 6 nitrogen and oxygen atoms in total. The van der Waals surface area contributed by atoms with Crippen molar-refractivity contribution in [2.45, 2.75) is 26.3 Å². The highest BCUT2D eigenvalue weighted by atomic mass is 32.1. The Morgan fingerprint density at radius 1 is 1.23 bits per heavy atom. The fourth-order valence-electron chi connectivity index (χ4n) is 3.10. The molecule has 2 aromatic heterocycles. The van der Waals surface area contributed by atoms with Crippen LogP contribution in [0.4, 0.5) is 5.13 Å². The van der Waals surface area contributed by atoms with Crippen molar-refractivity contribution < 1.29 is 4.79 Å². The van der Waals surface area contributed by atoms with Gasteiger partial charge in [0, 0.05) is 29.7 Å². The Labute approximate surface area is 156 Å². The van der Waals surface area contributed by atoms with E-state index in [1.54, 1.807) is 11.3 Å². The predicted octanol–water partition coefficient (Wildman–Crippen LogP) is 3.37. The third kappa shape index (κ3) is 3.48. The van der Waals surface area contributed by atoms with Crippen LogP contribution < -0.4 is 10.2 Å². The maximum absolute atomic E-state index is 12.5. The van der Waals surface area contributed by atoms with Gasteiger partial charge in [0.1, 0.15) is 11.5 Å². The number of hydrogen-bond acceptors (Lipinski definition) is 5. The molecule has 0 spiro atoms. The number of rotatable bonds is 5. The topological polar surface area (TPSA) is 73.9 Å². The third-order valence-electron chi connectivity index (χ3n) is 4.49. The Kier molecular flexibility index (Phi) is 4.71. The molecule has 134 valence electrons. The molecule has 1 aliphatic rings. The van der Waals surface area contributed by atoms with Gasteiger partial charge < -0.3 is 15.2 Å². The fourth-order valence-corrected chi connectivity index (χ4v) is 3.98. The smallest absolute Gasteiger partial charge is 0.272 e. The second kappa shape index (κ2) is 7.29. The second-order valence-electron chi connectivity index (χ2n) is 6.42. The molecule has 2 N–H and O–H groups in total. The van der Waals surface area contributed by atoms with Gasteiger partial charge in [0.2, 0.25) is 0 Å². The molecule has 0 unspecified atom stereocenters. The number of anilines is 1. The number of nitrogens with one attached hydrogen (secondary N) is 2. The molecule has 0 radical (unpaired) electrons. The molecule has 1 amide bonds. The predicted molar refractivity (Wildman–Crippen MR) is 103 cm³/mol. The number of aromatic amines is 1. The molecule has 0 saturated carbocycles. The van der Waals surface area contributed by atoms with Gasteiger partial charge in [-0.2, -0.15) is 0 Å². The average molecular weight is 367 g/mol. The van der Waals surface area contributed by atoms with Crippen LogP contribution in [0.5, 0.6) is 0 Å². The molecule has 3 heterocycles. The standard InChI is InChI=1S/C19H21N5OS/c1-13-16(23-17(21-13)14-7-3-2-4-8-14)18(25)20-11-15-12-26-19(22-15)24-9-5-6-10-24/h2-4,7-8,12H,5-6,9-11H2,1H3,(H,20,25)(H,21,23). The van der Waals surface area contributed by atoms with Crippen LogP contribution in [-0.4, -0.2) is 33.9 Å². The van der Waals surface area contributed by atoms with E-state index in [-0.39, 0.29) is 5.91 Å². The molecule has 7 heteroatoms.